The van der Waals surface area contributed by atoms with Gasteiger partial charge in [-0.05, 0) is 49.1 Å². The number of aromatic nitrogens is 2. The molecule has 0 saturated carbocycles. The van der Waals surface area contributed by atoms with Gasteiger partial charge >= 0.3 is 0 Å². The molecule has 2 aromatic rings. The molecule has 164 valence electrons. The fourth-order valence-corrected chi connectivity index (χ4v) is 4.76. The molecule has 0 radical (unpaired) electrons. The molecule has 0 fully saturated rings. The van der Waals surface area contributed by atoms with Gasteiger partial charge in [-0.3, -0.25) is 0 Å². The summed E-state index contributed by atoms with van der Waals surface area (Å²) in [6, 6.07) is 8.95. The van der Waals surface area contributed by atoms with Gasteiger partial charge in [-0.25, -0.2) is 9.97 Å². The predicted octanol–water partition coefficient (Wildman–Crippen LogP) is 8.12. The van der Waals surface area contributed by atoms with Gasteiger partial charge in [0.25, 0.3) is 0 Å². The van der Waals surface area contributed by atoms with E-state index in [2.05, 4.69) is 44.3 Å². The molecule has 0 saturated heterocycles. The van der Waals surface area contributed by atoms with Crippen molar-refractivity contribution in [3.05, 3.63) is 47.3 Å². The van der Waals surface area contributed by atoms with Crippen LogP contribution in [0.1, 0.15) is 108 Å². The van der Waals surface area contributed by atoms with Crippen molar-refractivity contribution < 1.29 is 0 Å². The van der Waals surface area contributed by atoms with Gasteiger partial charge < -0.3 is 0 Å². The Morgan fingerprint density at radius 1 is 0.833 bits per heavy atom. The number of rotatable bonds is 13. The molecular formula is C28H42N2. The van der Waals surface area contributed by atoms with Crippen LogP contribution in [0.2, 0.25) is 0 Å². The summed E-state index contributed by atoms with van der Waals surface area (Å²) < 4.78 is 0. The maximum atomic E-state index is 4.95. The first-order valence-electron chi connectivity index (χ1n) is 12.7. The number of aryl methyl sites for hydroxylation is 2. The number of hydrogen-bond donors (Lipinski definition) is 0. The van der Waals surface area contributed by atoms with Gasteiger partial charge in [0.1, 0.15) is 0 Å². The topological polar surface area (TPSA) is 25.8 Å². The minimum atomic E-state index is 0.838. The molecule has 1 aliphatic carbocycles. The third-order valence-corrected chi connectivity index (χ3v) is 6.75. The maximum absolute atomic E-state index is 4.95. The summed E-state index contributed by atoms with van der Waals surface area (Å²) in [6.07, 6.45) is 22.0. The largest absolute Gasteiger partial charge is 0.236 e. The number of unbranched alkanes of at least 4 members (excludes halogenated alkanes) is 8. The van der Waals surface area contributed by atoms with Crippen molar-refractivity contribution >= 4 is 0 Å². The van der Waals surface area contributed by atoms with E-state index in [0.29, 0.717) is 0 Å². The summed E-state index contributed by atoms with van der Waals surface area (Å²) in [4.78, 5) is 9.69. The van der Waals surface area contributed by atoms with Gasteiger partial charge in [0.05, 0.1) is 0 Å². The van der Waals surface area contributed by atoms with E-state index in [9.17, 15) is 0 Å². The fraction of sp³-hybridized carbons (Fsp3) is 0.643. The lowest BCUT2D eigenvalue weighted by molar-refractivity contribution is 0.400. The highest BCUT2D eigenvalue weighted by molar-refractivity contribution is 5.55. The summed E-state index contributed by atoms with van der Waals surface area (Å²) in [5.74, 6) is 1.74. The first-order chi connectivity index (χ1) is 14.8. The molecule has 0 aliphatic heterocycles. The zero-order valence-corrected chi connectivity index (χ0v) is 19.5. The number of nitrogens with zero attached hydrogens (tertiary/aromatic N) is 2. The Balaban J connectivity index is 1.48. The minimum absolute atomic E-state index is 0.838. The summed E-state index contributed by atoms with van der Waals surface area (Å²) in [5.41, 5.74) is 5.28. The van der Waals surface area contributed by atoms with Crippen LogP contribution in [0, 0.1) is 5.92 Å². The maximum Gasteiger partial charge on any atom is 0.159 e. The Bertz CT molecular complexity index is 735. The predicted molar refractivity (Wildman–Crippen MR) is 129 cm³/mol. The van der Waals surface area contributed by atoms with Crippen molar-refractivity contribution in [1.82, 2.24) is 9.97 Å². The van der Waals surface area contributed by atoms with Crippen molar-refractivity contribution in [2.75, 3.05) is 0 Å². The molecule has 3 rings (SSSR count). The smallest absolute Gasteiger partial charge is 0.159 e. The van der Waals surface area contributed by atoms with Gasteiger partial charge in [-0.15, -0.1) is 0 Å². The standard InChI is InChI=1S/C28H42N2/c1-3-5-7-9-10-12-14-24-17-20-27-26(21-24)22-29-28(30-27)25-18-15-23(16-19-25)13-11-8-6-4-2/h15-16,18-19,22,24H,3-14,17,20-21H2,1-2H3. The molecule has 1 unspecified atom stereocenters. The van der Waals surface area contributed by atoms with E-state index in [4.69, 9.17) is 9.97 Å². The summed E-state index contributed by atoms with van der Waals surface area (Å²) >= 11 is 0. The fourth-order valence-electron chi connectivity index (χ4n) is 4.76. The van der Waals surface area contributed by atoms with E-state index in [0.717, 1.165) is 23.7 Å². The zero-order chi connectivity index (χ0) is 21.0. The van der Waals surface area contributed by atoms with E-state index in [-0.39, 0.29) is 0 Å². The molecule has 2 nitrogen and oxygen atoms in total. The molecule has 1 atom stereocenters. The van der Waals surface area contributed by atoms with Gasteiger partial charge in [-0.1, -0.05) is 102 Å². The van der Waals surface area contributed by atoms with Crippen molar-refractivity contribution in [3.63, 3.8) is 0 Å². The molecule has 0 bridgehead atoms. The van der Waals surface area contributed by atoms with Crippen LogP contribution in [0.4, 0.5) is 0 Å². The Kier molecular flexibility index (Phi) is 9.86. The molecule has 0 N–H and O–H groups in total. The summed E-state index contributed by atoms with van der Waals surface area (Å²) in [7, 11) is 0. The third kappa shape index (κ3) is 7.22. The molecule has 1 aromatic heterocycles. The lowest BCUT2D eigenvalue weighted by Gasteiger charge is -2.24. The second-order valence-electron chi connectivity index (χ2n) is 9.34. The highest BCUT2D eigenvalue weighted by Gasteiger charge is 2.20. The first kappa shape index (κ1) is 23.0. The van der Waals surface area contributed by atoms with Crippen LogP contribution < -0.4 is 0 Å². The molecule has 30 heavy (non-hydrogen) atoms. The summed E-state index contributed by atoms with van der Waals surface area (Å²) in [6.45, 7) is 4.56. The highest BCUT2D eigenvalue weighted by Crippen LogP contribution is 2.29. The quantitative estimate of drug-likeness (QED) is 0.314. The highest BCUT2D eigenvalue weighted by atomic mass is 14.9. The van der Waals surface area contributed by atoms with Crippen LogP contribution in [-0.2, 0) is 19.3 Å². The Morgan fingerprint density at radius 2 is 1.53 bits per heavy atom. The Hall–Kier alpha value is -1.70. The van der Waals surface area contributed by atoms with Crippen LogP contribution >= 0.6 is 0 Å². The molecule has 0 amide bonds. The van der Waals surface area contributed by atoms with Gasteiger partial charge in [0.15, 0.2) is 5.82 Å². The van der Waals surface area contributed by atoms with Crippen molar-refractivity contribution in [3.8, 4) is 11.4 Å². The lowest BCUT2D eigenvalue weighted by atomic mass is 9.84. The monoisotopic (exact) mass is 406 g/mol. The Labute approximate surface area is 184 Å². The van der Waals surface area contributed by atoms with Crippen LogP contribution in [0.3, 0.4) is 0 Å². The molecule has 1 heterocycles. The first-order valence-corrected chi connectivity index (χ1v) is 12.7. The van der Waals surface area contributed by atoms with Gasteiger partial charge in [-0.2, -0.15) is 0 Å². The number of benzene rings is 1. The Morgan fingerprint density at radius 3 is 2.30 bits per heavy atom. The molecule has 0 spiro atoms. The second kappa shape index (κ2) is 12.9. The minimum Gasteiger partial charge on any atom is -0.236 e. The van der Waals surface area contributed by atoms with Crippen LogP contribution in [-0.4, -0.2) is 9.97 Å². The number of hydrogen-bond acceptors (Lipinski definition) is 2. The SMILES string of the molecule is CCCCCCCCC1CCc2nc(-c3ccc(CCCCCC)cc3)ncc2C1. The van der Waals surface area contributed by atoms with E-state index in [1.807, 2.05) is 0 Å². The number of fused-ring (bicyclic) bond motifs is 1. The summed E-state index contributed by atoms with van der Waals surface area (Å²) in [5, 5.41) is 0. The molecule has 2 heteroatoms. The third-order valence-electron chi connectivity index (χ3n) is 6.75. The van der Waals surface area contributed by atoms with E-state index in [1.54, 1.807) is 0 Å². The molecule has 1 aromatic carbocycles. The van der Waals surface area contributed by atoms with Crippen LogP contribution in [0.25, 0.3) is 11.4 Å². The molecular weight excluding hydrogens is 364 g/mol. The van der Waals surface area contributed by atoms with E-state index < -0.39 is 0 Å². The van der Waals surface area contributed by atoms with E-state index in [1.165, 1.54) is 107 Å². The zero-order valence-electron chi connectivity index (χ0n) is 19.5. The van der Waals surface area contributed by atoms with Crippen LogP contribution in [0.15, 0.2) is 30.5 Å². The average Bonchev–Trinajstić information content (AvgIpc) is 2.79. The van der Waals surface area contributed by atoms with Gasteiger partial charge in [0, 0.05) is 17.5 Å². The van der Waals surface area contributed by atoms with Crippen LogP contribution in [0.5, 0.6) is 0 Å². The van der Waals surface area contributed by atoms with Crippen molar-refractivity contribution in [1.29, 1.82) is 0 Å². The average molecular weight is 407 g/mol. The van der Waals surface area contributed by atoms with Crippen molar-refractivity contribution in [2.24, 2.45) is 5.92 Å². The second-order valence-corrected chi connectivity index (χ2v) is 9.34. The van der Waals surface area contributed by atoms with E-state index >= 15 is 0 Å². The molecule has 1 aliphatic rings. The van der Waals surface area contributed by atoms with Crippen molar-refractivity contribution in [2.45, 2.75) is 110 Å². The lowest BCUT2D eigenvalue weighted by Crippen LogP contribution is -2.16. The normalized spacial score (nSPS) is 15.9. The van der Waals surface area contributed by atoms with Gasteiger partial charge in [0.2, 0.25) is 0 Å².